The number of methoxy groups -OCH3 is 1. The first-order chi connectivity index (χ1) is 9.10. The maximum Gasteiger partial charge on any atom is 0.305 e. The Morgan fingerprint density at radius 2 is 1.84 bits per heavy atom. The molecule has 0 aliphatic heterocycles. The third-order valence-corrected chi connectivity index (χ3v) is 2.73. The zero-order valence-corrected chi connectivity index (χ0v) is 12.8. The van der Waals surface area contributed by atoms with E-state index in [0.29, 0.717) is 12.3 Å². The fourth-order valence-corrected chi connectivity index (χ4v) is 1.58. The van der Waals surface area contributed by atoms with Crippen molar-refractivity contribution in [2.75, 3.05) is 27.2 Å². The first-order valence-corrected chi connectivity index (χ1v) is 7.11. The number of hydrogen-bond donors (Lipinski definition) is 2. The van der Waals surface area contributed by atoms with E-state index in [2.05, 4.69) is 34.2 Å². The highest BCUT2D eigenvalue weighted by molar-refractivity contribution is 5.79. The van der Waals surface area contributed by atoms with Crippen molar-refractivity contribution < 1.29 is 9.53 Å². The Hall–Kier alpha value is -1.26. The number of unbranched alkanes of at least 4 members (excludes halogenated alkanes) is 3. The van der Waals surface area contributed by atoms with Gasteiger partial charge in [-0.1, -0.05) is 26.7 Å². The normalized spacial score (nSPS) is 11.5. The van der Waals surface area contributed by atoms with Crippen LogP contribution in [0.5, 0.6) is 0 Å². The number of rotatable bonds is 9. The highest BCUT2D eigenvalue weighted by atomic mass is 16.5. The van der Waals surface area contributed by atoms with Crippen LogP contribution in [0.1, 0.15) is 46.0 Å². The van der Waals surface area contributed by atoms with Crippen LogP contribution < -0.4 is 10.6 Å². The highest BCUT2D eigenvalue weighted by Crippen LogP contribution is 2.03. The molecule has 0 atom stereocenters. The Morgan fingerprint density at radius 3 is 2.42 bits per heavy atom. The molecule has 0 spiro atoms. The SMILES string of the molecule is CN=C(NCCCCCCC(=O)OC)NCC(C)C. The zero-order valence-electron chi connectivity index (χ0n) is 12.8. The van der Waals surface area contributed by atoms with Gasteiger partial charge in [0.25, 0.3) is 0 Å². The molecule has 0 aromatic carbocycles. The maximum atomic E-state index is 10.9. The molecule has 5 heteroatoms. The standard InChI is InChI=1S/C14H29N3O2/c1-12(2)11-17-14(15-3)16-10-8-6-5-7-9-13(18)19-4/h12H,5-11H2,1-4H3,(H2,15,16,17). The number of ether oxygens (including phenoxy) is 1. The van der Waals surface area contributed by atoms with Crippen molar-refractivity contribution in [2.45, 2.75) is 46.0 Å². The number of carbonyl (C=O) groups is 1. The summed E-state index contributed by atoms with van der Waals surface area (Å²) in [6.07, 6.45) is 4.71. The second kappa shape index (κ2) is 11.8. The average molecular weight is 271 g/mol. The minimum atomic E-state index is -0.114. The predicted octanol–water partition coefficient (Wildman–Crippen LogP) is 1.93. The van der Waals surface area contributed by atoms with Gasteiger partial charge in [-0.25, -0.2) is 0 Å². The molecule has 0 saturated carbocycles. The molecule has 19 heavy (non-hydrogen) atoms. The van der Waals surface area contributed by atoms with Crippen LogP contribution in [0.25, 0.3) is 0 Å². The fourth-order valence-electron chi connectivity index (χ4n) is 1.58. The van der Waals surface area contributed by atoms with Crippen LogP contribution in [0.4, 0.5) is 0 Å². The van der Waals surface area contributed by atoms with Crippen molar-refractivity contribution in [3.8, 4) is 0 Å². The molecule has 0 aliphatic rings. The van der Waals surface area contributed by atoms with Gasteiger partial charge in [0, 0.05) is 26.6 Å². The van der Waals surface area contributed by atoms with Crippen LogP contribution in [0.2, 0.25) is 0 Å². The lowest BCUT2D eigenvalue weighted by molar-refractivity contribution is -0.140. The van der Waals surface area contributed by atoms with Gasteiger partial charge in [-0.3, -0.25) is 9.79 Å². The molecular weight excluding hydrogens is 242 g/mol. The van der Waals surface area contributed by atoms with Crippen molar-refractivity contribution in [2.24, 2.45) is 10.9 Å². The van der Waals surface area contributed by atoms with Crippen LogP contribution in [-0.2, 0) is 9.53 Å². The summed E-state index contributed by atoms with van der Waals surface area (Å²) in [6.45, 7) is 6.18. The zero-order chi connectivity index (χ0) is 14.5. The van der Waals surface area contributed by atoms with E-state index in [4.69, 9.17) is 0 Å². The third kappa shape index (κ3) is 11.6. The van der Waals surface area contributed by atoms with Crippen LogP contribution in [-0.4, -0.2) is 39.2 Å². The molecule has 0 aromatic rings. The average Bonchev–Trinajstić information content (AvgIpc) is 2.40. The topological polar surface area (TPSA) is 62.7 Å². The van der Waals surface area contributed by atoms with Crippen molar-refractivity contribution in [1.29, 1.82) is 0 Å². The molecule has 0 unspecified atom stereocenters. The van der Waals surface area contributed by atoms with Gasteiger partial charge >= 0.3 is 5.97 Å². The van der Waals surface area contributed by atoms with Crippen molar-refractivity contribution in [1.82, 2.24) is 10.6 Å². The molecule has 112 valence electrons. The minimum Gasteiger partial charge on any atom is -0.469 e. The van der Waals surface area contributed by atoms with Crippen molar-refractivity contribution in [3.63, 3.8) is 0 Å². The Morgan fingerprint density at radius 1 is 1.16 bits per heavy atom. The Balaban J connectivity index is 3.44. The molecule has 0 heterocycles. The monoisotopic (exact) mass is 271 g/mol. The van der Waals surface area contributed by atoms with E-state index in [1.54, 1.807) is 7.05 Å². The summed E-state index contributed by atoms with van der Waals surface area (Å²) < 4.78 is 4.59. The molecule has 0 aromatic heterocycles. The van der Waals surface area contributed by atoms with Crippen molar-refractivity contribution >= 4 is 11.9 Å². The van der Waals surface area contributed by atoms with E-state index in [9.17, 15) is 4.79 Å². The van der Waals surface area contributed by atoms with E-state index in [1.807, 2.05) is 0 Å². The summed E-state index contributed by atoms with van der Waals surface area (Å²) in [4.78, 5) is 15.1. The van der Waals surface area contributed by atoms with Crippen molar-refractivity contribution in [3.05, 3.63) is 0 Å². The predicted molar refractivity (Wildman–Crippen MR) is 79.3 cm³/mol. The quantitative estimate of drug-likeness (QED) is 0.291. The Labute approximate surface area is 117 Å². The second-order valence-electron chi connectivity index (χ2n) is 5.01. The smallest absolute Gasteiger partial charge is 0.305 e. The lowest BCUT2D eigenvalue weighted by Crippen LogP contribution is -2.39. The van der Waals surface area contributed by atoms with Gasteiger partial charge in [0.05, 0.1) is 7.11 Å². The number of hydrogen-bond acceptors (Lipinski definition) is 3. The molecule has 0 bridgehead atoms. The molecule has 0 amide bonds. The maximum absolute atomic E-state index is 10.9. The van der Waals surface area contributed by atoms with Crippen LogP contribution in [0, 0.1) is 5.92 Å². The molecule has 0 fully saturated rings. The summed E-state index contributed by atoms with van der Waals surface area (Å²) in [5.41, 5.74) is 0. The van der Waals surface area contributed by atoms with Gasteiger partial charge in [-0.15, -0.1) is 0 Å². The van der Waals surface area contributed by atoms with E-state index in [0.717, 1.165) is 44.7 Å². The number of nitrogens with one attached hydrogen (secondary N) is 2. The summed E-state index contributed by atoms with van der Waals surface area (Å²) in [5, 5.41) is 6.55. The van der Waals surface area contributed by atoms with E-state index in [-0.39, 0.29) is 5.97 Å². The number of esters is 1. The number of carbonyl (C=O) groups excluding carboxylic acids is 1. The number of nitrogens with zero attached hydrogens (tertiary/aromatic N) is 1. The van der Waals surface area contributed by atoms with Crippen LogP contribution in [0.15, 0.2) is 4.99 Å². The molecule has 5 nitrogen and oxygen atoms in total. The number of guanidine groups is 1. The van der Waals surface area contributed by atoms with Gasteiger partial charge < -0.3 is 15.4 Å². The Bertz CT molecular complexity index is 265. The lowest BCUT2D eigenvalue weighted by Gasteiger charge is -2.13. The van der Waals surface area contributed by atoms with Gasteiger partial charge in [0.2, 0.25) is 0 Å². The Kier molecular flexibility index (Phi) is 11.0. The summed E-state index contributed by atoms with van der Waals surface area (Å²) >= 11 is 0. The molecule has 0 rings (SSSR count). The first kappa shape index (κ1) is 17.7. The van der Waals surface area contributed by atoms with Crippen LogP contribution in [0.3, 0.4) is 0 Å². The molecule has 0 radical (unpaired) electrons. The van der Waals surface area contributed by atoms with E-state index >= 15 is 0 Å². The molecule has 0 saturated heterocycles. The lowest BCUT2D eigenvalue weighted by atomic mass is 10.1. The van der Waals surface area contributed by atoms with Crippen LogP contribution >= 0.6 is 0 Å². The van der Waals surface area contributed by atoms with Gasteiger partial charge in [0.15, 0.2) is 5.96 Å². The first-order valence-electron chi connectivity index (χ1n) is 7.11. The largest absolute Gasteiger partial charge is 0.469 e. The molecule has 2 N–H and O–H groups in total. The second-order valence-corrected chi connectivity index (χ2v) is 5.01. The fraction of sp³-hybridized carbons (Fsp3) is 0.857. The summed E-state index contributed by atoms with van der Waals surface area (Å²) in [7, 11) is 3.22. The molecule has 0 aliphatic carbocycles. The van der Waals surface area contributed by atoms with Gasteiger partial charge in [-0.05, 0) is 18.8 Å². The summed E-state index contributed by atoms with van der Waals surface area (Å²) in [6, 6.07) is 0. The summed E-state index contributed by atoms with van der Waals surface area (Å²) in [5.74, 6) is 1.36. The molecular formula is C14H29N3O2. The number of aliphatic imine (C=N–C) groups is 1. The van der Waals surface area contributed by atoms with E-state index in [1.165, 1.54) is 7.11 Å². The third-order valence-electron chi connectivity index (χ3n) is 2.73. The highest BCUT2D eigenvalue weighted by Gasteiger charge is 2.00. The van der Waals surface area contributed by atoms with Gasteiger partial charge in [-0.2, -0.15) is 0 Å². The van der Waals surface area contributed by atoms with E-state index < -0.39 is 0 Å². The minimum absolute atomic E-state index is 0.114. The van der Waals surface area contributed by atoms with Gasteiger partial charge in [0.1, 0.15) is 0 Å².